The van der Waals surface area contributed by atoms with Gasteiger partial charge in [-0.15, -0.1) is 0 Å². The third-order valence-corrected chi connectivity index (χ3v) is 5.71. The molecule has 2 aromatic carbocycles. The lowest BCUT2D eigenvalue weighted by molar-refractivity contribution is -0.132. The van der Waals surface area contributed by atoms with Gasteiger partial charge in [0.1, 0.15) is 12.1 Å². The second-order valence-corrected chi connectivity index (χ2v) is 7.84. The summed E-state index contributed by atoms with van der Waals surface area (Å²) >= 11 is 6.02. The summed E-state index contributed by atoms with van der Waals surface area (Å²) in [5.74, 6) is 0.912. The van der Waals surface area contributed by atoms with E-state index in [1.54, 1.807) is 6.33 Å². The van der Waals surface area contributed by atoms with Gasteiger partial charge in [-0.25, -0.2) is 9.97 Å². The third kappa shape index (κ3) is 4.18. The van der Waals surface area contributed by atoms with Gasteiger partial charge in [0, 0.05) is 36.6 Å². The van der Waals surface area contributed by atoms with Crippen molar-refractivity contribution in [2.24, 2.45) is 5.73 Å². The molecule has 4 rings (SSSR count). The van der Waals surface area contributed by atoms with Crippen molar-refractivity contribution in [3.05, 3.63) is 64.9 Å². The predicted molar refractivity (Wildman–Crippen MR) is 116 cm³/mol. The highest BCUT2D eigenvalue weighted by Gasteiger charge is 2.26. The number of piperazine rings is 1. The zero-order chi connectivity index (χ0) is 20.4. The van der Waals surface area contributed by atoms with Gasteiger partial charge in [0.25, 0.3) is 0 Å². The number of fused-ring (bicyclic) bond motifs is 1. The molecule has 2 N–H and O–H groups in total. The van der Waals surface area contributed by atoms with Gasteiger partial charge >= 0.3 is 0 Å². The Labute approximate surface area is 175 Å². The number of carbonyl (C=O) groups is 1. The fourth-order valence-electron chi connectivity index (χ4n) is 3.83. The average Bonchev–Trinajstić information content (AvgIpc) is 2.75. The number of nitrogens with two attached hydrogens (primary N) is 1. The molecular formula is C22H24ClN5O. The Kier molecular flexibility index (Phi) is 5.65. The van der Waals surface area contributed by atoms with Crippen molar-refractivity contribution in [1.82, 2.24) is 14.9 Å². The zero-order valence-corrected chi connectivity index (χ0v) is 17.1. The molecule has 3 aromatic rings. The van der Waals surface area contributed by atoms with Crippen LogP contribution in [0.15, 0.2) is 48.8 Å². The molecule has 29 heavy (non-hydrogen) atoms. The van der Waals surface area contributed by atoms with Crippen LogP contribution in [0.4, 0.5) is 5.82 Å². The van der Waals surface area contributed by atoms with E-state index in [1.807, 2.05) is 54.3 Å². The quantitative estimate of drug-likeness (QED) is 0.717. The Morgan fingerprint density at radius 2 is 1.90 bits per heavy atom. The molecule has 1 aliphatic rings. The molecular weight excluding hydrogens is 386 g/mol. The SMILES string of the molecule is Cc1cc(Cl)ccc1CC(N)C(=O)N1CCN(c2ncnc3ccccc23)CC1. The van der Waals surface area contributed by atoms with E-state index < -0.39 is 6.04 Å². The molecule has 1 unspecified atom stereocenters. The number of hydrogen-bond acceptors (Lipinski definition) is 5. The maximum absolute atomic E-state index is 12.9. The highest BCUT2D eigenvalue weighted by Crippen LogP contribution is 2.24. The molecule has 2 heterocycles. The number of amides is 1. The monoisotopic (exact) mass is 409 g/mol. The first-order valence-corrected chi connectivity index (χ1v) is 10.1. The van der Waals surface area contributed by atoms with Crippen LogP contribution in [0.2, 0.25) is 5.02 Å². The highest BCUT2D eigenvalue weighted by molar-refractivity contribution is 6.30. The van der Waals surface area contributed by atoms with Gasteiger partial charge in [0.15, 0.2) is 0 Å². The van der Waals surface area contributed by atoms with E-state index in [2.05, 4.69) is 14.9 Å². The number of anilines is 1. The van der Waals surface area contributed by atoms with Crippen molar-refractivity contribution in [1.29, 1.82) is 0 Å². The summed E-state index contributed by atoms with van der Waals surface area (Å²) in [5.41, 5.74) is 9.29. The molecule has 1 saturated heterocycles. The summed E-state index contributed by atoms with van der Waals surface area (Å²) in [6.07, 6.45) is 2.11. The second kappa shape index (κ2) is 8.35. The van der Waals surface area contributed by atoms with Crippen LogP contribution in [0.25, 0.3) is 10.9 Å². The topological polar surface area (TPSA) is 75.4 Å². The van der Waals surface area contributed by atoms with Gasteiger partial charge in [-0.2, -0.15) is 0 Å². The Bertz CT molecular complexity index is 1030. The number of aromatic nitrogens is 2. The number of hydrogen-bond donors (Lipinski definition) is 1. The van der Waals surface area contributed by atoms with Crippen molar-refractivity contribution in [2.75, 3.05) is 31.1 Å². The summed E-state index contributed by atoms with van der Waals surface area (Å²) in [5, 5.41) is 1.73. The van der Waals surface area contributed by atoms with Crippen molar-refractivity contribution >= 4 is 34.2 Å². The number of aryl methyl sites for hydroxylation is 1. The first kappa shape index (κ1) is 19.6. The van der Waals surface area contributed by atoms with E-state index in [0.717, 1.165) is 40.9 Å². The van der Waals surface area contributed by atoms with E-state index in [-0.39, 0.29) is 5.91 Å². The number of para-hydroxylation sites is 1. The maximum Gasteiger partial charge on any atom is 0.239 e. The lowest BCUT2D eigenvalue weighted by atomic mass is 10.0. The number of benzene rings is 2. The van der Waals surface area contributed by atoms with E-state index in [4.69, 9.17) is 17.3 Å². The highest BCUT2D eigenvalue weighted by atomic mass is 35.5. The summed E-state index contributed by atoms with van der Waals surface area (Å²) in [4.78, 5) is 25.7. The number of nitrogens with zero attached hydrogens (tertiary/aromatic N) is 4. The molecule has 0 bridgehead atoms. The smallest absolute Gasteiger partial charge is 0.239 e. The molecule has 150 valence electrons. The van der Waals surface area contributed by atoms with Crippen molar-refractivity contribution in [3.8, 4) is 0 Å². The largest absolute Gasteiger partial charge is 0.352 e. The average molecular weight is 410 g/mol. The van der Waals surface area contributed by atoms with E-state index >= 15 is 0 Å². The molecule has 0 saturated carbocycles. The van der Waals surface area contributed by atoms with Gasteiger partial charge in [0.05, 0.1) is 11.6 Å². The van der Waals surface area contributed by atoms with Gasteiger partial charge in [-0.3, -0.25) is 4.79 Å². The maximum atomic E-state index is 12.9. The summed E-state index contributed by atoms with van der Waals surface area (Å²) < 4.78 is 0. The van der Waals surface area contributed by atoms with Gasteiger partial charge in [0.2, 0.25) is 5.91 Å². The molecule has 1 aliphatic heterocycles. The van der Waals surface area contributed by atoms with Crippen LogP contribution in [0.1, 0.15) is 11.1 Å². The van der Waals surface area contributed by atoms with Crippen LogP contribution in [0.5, 0.6) is 0 Å². The van der Waals surface area contributed by atoms with Gasteiger partial charge < -0.3 is 15.5 Å². The molecule has 0 spiro atoms. The lowest BCUT2D eigenvalue weighted by Crippen LogP contribution is -2.54. The fraction of sp³-hybridized carbons (Fsp3) is 0.318. The van der Waals surface area contributed by atoms with Crippen molar-refractivity contribution in [2.45, 2.75) is 19.4 Å². The Hall–Kier alpha value is -2.70. The van der Waals surface area contributed by atoms with Crippen LogP contribution in [0.3, 0.4) is 0 Å². The number of rotatable bonds is 4. The van der Waals surface area contributed by atoms with Crippen LogP contribution < -0.4 is 10.6 Å². The molecule has 0 aliphatic carbocycles. The normalized spacial score (nSPS) is 15.6. The second-order valence-electron chi connectivity index (χ2n) is 7.41. The van der Waals surface area contributed by atoms with Crippen molar-refractivity contribution < 1.29 is 4.79 Å². The summed E-state index contributed by atoms with van der Waals surface area (Å²) in [6.45, 7) is 4.69. The van der Waals surface area contributed by atoms with E-state index in [0.29, 0.717) is 24.5 Å². The molecule has 6 nitrogen and oxygen atoms in total. The molecule has 1 amide bonds. The first-order valence-electron chi connectivity index (χ1n) is 9.77. The molecule has 1 fully saturated rings. The zero-order valence-electron chi connectivity index (χ0n) is 16.4. The molecule has 1 aromatic heterocycles. The van der Waals surface area contributed by atoms with E-state index in [1.165, 1.54) is 0 Å². The summed E-state index contributed by atoms with van der Waals surface area (Å²) in [7, 11) is 0. The van der Waals surface area contributed by atoms with Crippen molar-refractivity contribution in [3.63, 3.8) is 0 Å². The Morgan fingerprint density at radius 1 is 1.14 bits per heavy atom. The molecule has 1 atom stereocenters. The first-order chi connectivity index (χ1) is 14.0. The standard InChI is InChI=1S/C22H24ClN5O/c1-15-12-17(23)7-6-16(15)13-19(24)22(29)28-10-8-27(9-11-28)21-18-4-2-3-5-20(18)25-14-26-21/h2-7,12,14,19H,8-11,13,24H2,1H3. The van der Waals surface area contributed by atoms with E-state index in [9.17, 15) is 4.79 Å². The molecule has 0 radical (unpaired) electrons. The minimum atomic E-state index is -0.554. The third-order valence-electron chi connectivity index (χ3n) is 5.47. The Balaban J connectivity index is 1.40. The number of carbonyl (C=O) groups excluding carboxylic acids is 1. The van der Waals surface area contributed by atoms with Crippen LogP contribution in [-0.4, -0.2) is 53.0 Å². The minimum Gasteiger partial charge on any atom is -0.352 e. The van der Waals surface area contributed by atoms with Gasteiger partial charge in [-0.05, 0) is 48.7 Å². The lowest BCUT2D eigenvalue weighted by Gasteiger charge is -2.36. The number of halogens is 1. The summed E-state index contributed by atoms with van der Waals surface area (Å²) in [6, 6.07) is 13.1. The minimum absolute atomic E-state index is 0.00783. The van der Waals surface area contributed by atoms with Crippen LogP contribution in [0, 0.1) is 6.92 Å². The van der Waals surface area contributed by atoms with Crippen LogP contribution >= 0.6 is 11.6 Å². The fourth-order valence-corrected chi connectivity index (χ4v) is 4.05. The molecule has 7 heteroatoms. The van der Waals surface area contributed by atoms with Gasteiger partial charge in [-0.1, -0.05) is 29.8 Å². The van der Waals surface area contributed by atoms with Crippen LogP contribution in [-0.2, 0) is 11.2 Å². The Morgan fingerprint density at radius 3 is 2.66 bits per heavy atom. The predicted octanol–water partition coefficient (Wildman–Crippen LogP) is 2.81.